The maximum atomic E-state index is 13.0. The van der Waals surface area contributed by atoms with Crippen molar-refractivity contribution in [2.24, 2.45) is 5.92 Å². The van der Waals surface area contributed by atoms with E-state index in [9.17, 15) is 13.2 Å². The molecule has 1 aromatic heterocycles. The zero-order valence-electron chi connectivity index (χ0n) is 15.8. The van der Waals surface area contributed by atoms with Crippen LogP contribution in [0, 0.1) is 5.92 Å². The molecule has 148 valence electrons. The summed E-state index contributed by atoms with van der Waals surface area (Å²) in [7, 11) is -3.95. The monoisotopic (exact) mass is 418 g/mol. The molecule has 2 atom stereocenters. The summed E-state index contributed by atoms with van der Waals surface area (Å²) in [6, 6.07) is 13.1. The Balaban J connectivity index is 1.82. The fourth-order valence-electron chi connectivity index (χ4n) is 2.85. The zero-order valence-corrected chi connectivity index (χ0v) is 17.4. The lowest BCUT2D eigenvalue weighted by Gasteiger charge is -2.24. The van der Waals surface area contributed by atoms with Crippen molar-refractivity contribution in [3.8, 4) is 0 Å². The van der Waals surface area contributed by atoms with E-state index in [0.717, 1.165) is 17.3 Å². The average Bonchev–Trinajstić information content (AvgIpc) is 3.15. The molecule has 0 radical (unpaired) electrons. The molecule has 2 aromatic carbocycles. The lowest BCUT2D eigenvalue weighted by molar-refractivity contribution is -0.124. The molecule has 3 rings (SSSR count). The number of aromatic nitrogens is 2. The van der Waals surface area contributed by atoms with Crippen molar-refractivity contribution in [2.75, 3.05) is 0 Å². The van der Waals surface area contributed by atoms with Crippen molar-refractivity contribution in [1.82, 2.24) is 18.8 Å². The van der Waals surface area contributed by atoms with E-state index >= 15 is 0 Å². The number of carbonyl (C=O) groups excluding carboxylic acids is 1. The van der Waals surface area contributed by atoms with E-state index in [1.54, 1.807) is 26.0 Å². The van der Waals surface area contributed by atoms with E-state index in [1.807, 2.05) is 37.3 Å². The largest absolute Gasteiger partial charge is 0.348 e. The van der Waals surface area contributed by atoms with Gasteiger partial charge in [0.05, 0.1) is 17.8 Å². The summed E-state index contributed by atoms with van der Waals surface area (Å²) < 4.78 is 36.6. The Labute approximate surface area is 168 Å². The van der Waals surface area contributed by atoms with E-state index < -0.39 is 16.1 Å². The van der Waals surface area contributed by atoms with Crippen LogP contribution in [0.25, 0.3) is 11.0 Å². The van der Waals surface area contributed by atoms with Crippen LogP contribution in [0.3, 0.4) is 0 Å². The Hall–Kier alpha value is -2.36. The number of hydrogen-bond donors (Lipinski definition) is 2. The van der Waals surface area contributed by atoms with E-state index in [0.29, 0.717) is 11.0 Å². The standard InChI is InChI=1S/C19H22N4O3S2/c1-12(2)17(19(24)20-13(3)14-8-5-4-6-9-14)23-28(25,26)16-11-7-10-15-18(16)22-27-21-15/h4-13,17,23H,1-3H3,(H,20,24)/t13-,17-/m1/s1. The molecule has 0 fully saturated rings. The first kappa shape index (κ1) is 20.4. The van der Waals surface area contributed by atoms with Gasteiger partial charge >= 0.3 is 0 Å². The molecular weight excluding hydrogens is 396 g/mol. The first-order valence-electron chi connectivity index (χ1n) is 8.88. The number of carbonyl (C=O) groups is 1. The minimum absolute atomic E-state index is 0.0216. The van der Waals surface area contributed by atoms with Gasteiger partial charge in [0.15, 0.2) is 0 Å². The van der Waals surface area contributed by atoms with Crippen LogP contribution in [0.15, 0.2) is 53.4 Å². The zero-order chi connectivity index (χ0) is 20.3. The van der Waals surface area contributed by atoms with E-state index in [2.05, 4.69) is 18.8 Å². The second kappa shape index (κ2) is 8.34. The molecule has 2 N–H and O–H groups in total. The van der Waals surface area contributed by atoms with Gasteiger partial charge in [0, 0.05) is 0 Å². The second-order valence-corrected chi connectivity index (χ2v) is 9.08. The normalized spacial score (nSPS) is 14.1. The van der Waals surface area contributed by atoms with Gasteiger partial charge in [-0.2, -0.15) is 13.5 Å². The van der Waals surface area contributed by atoms with Crippen LogP contribution in [0.2, 0.25) is 0 Å². The van der Waals surface area contributed by atoms with E-state index in [1.165, 1.54) is 6.07 Å². The molecule has 7 nitrogen and oxygen atoms in total. The summed E-state index contributed by atoms with van der Waals surface area (Å²) in [6.45, 7) is 5.46. The Kier molecular flexibility index (Phi) is 6.07. The van der Waals surface area contributed by atoms with E-state index in [-0.39, 0.29) is 22.8 Å². The topological polar surface area (TPSA) is 101 Å². The Morgan fingerprint density at radius 1 is 1.00 bits per heavy atom. The average molecular weight is 419 g/mol. The van der Waals surface area contributed by atoms with Crippen LogP contribution in [-0.2, 0) is 14.8 Å². The van der Waals surface area contributed by atoms with Gasteiger partial charge in [-0.3, -0.25) is 4.79 Å². The highest BCUT2D eigenvalue weighted by atomic mass is 32.2. The fraction of sp³-hybridized carbons (Fsp3) is 0.316. The van der Waals surface area contributed by atoms with Crippen LogP contribution in [-0.4, -0.2) is 29.1 Å². The maximum Gasteiger partial charge on any atom is 0.243 e. The quantitative estimate of drug-likeness (QED) is 0.614. The van der Waals surface area contributed by atoms with Gasteiger partial charge in [-0.1, -0.05) is 50.2 Å². The van der Waals surface area contributed by atoms with Crippen LogP contribution in [0.5, 0.6) is 0 Å². The lowest BCUT2D eigenvalue weighted by atomic mass is 10.0. The number of rotatable bonds is 7. The molecule has 28 heavy (non-hydrogen) atoms. The number of nitrogens with zero attached hydrogens (tertiary/aromatic N) is 2. The maximum absolute atomic E-state index is 13.0. The predicted octanol–water partition coefficient (Wildman–Crippen LogP) is 2.87. The molecule has 0 unspecified atom stereocenters. The van der Waals surface area contributed by atoms with Crippen LogP contribution >= 0.6 is 11.7 Å². The Bertz CT molecular complexity index is 1060. The molecule has 0 aliphatic rings. The number of amides is 1. The molecule has 0 bridgehead atoms. The number of sulfonamides is 1. The Morgan fingerprint density at radius 2 is 1.71 bits per heavy atom. The third-order valence-electron chi connectivity index (χ3n) is 4.43. The van der Waals surface area contributed by atoms with Crippen molar-refractivity contribution < 1.29 is 13.2 Å². The predicted molar refractivity (Wildman–Crippen MR) is 109 cm³/mol. The van der Waals surface area contributed by atoms with Crippen molar-refractivity contribution >= 4 is 38.7 Å². The molecule has 1 amide bonds. The minimum atomic E-state index is -3.95. The van der Waals surface area contributed by atoms with Gasteiger partial charge < -0.3 is 5.32 Å². The fourth-order valence-corrected chi connectivity index (χ4v) is 4.96. The van der Waals surface area contributed by atoms with Crippen molar-refractivity contribution in [3.63, 3.8) is 0 Å². The van der Waals surface area contributed by atoms with Crippen LogP contribution < -0.4 is 10.0 Å². The smallest absolute Gasteiger partial charge is 0.243 e. The van der Waals surface area contributed by atoms with Crippen molar-refractivity contribution in [2.45, 2.75) is 37.8 Å². The van der Waals surface area contributed by atoms with Gasteiger partial charge in [0.25, 0.3) is 0 Å². The van der Waals surface area contributed by atoms with Crippen molar-refractivity contribution in [1.29, 1.82) is 0 Å². The molecule has 0 saturated carbocycles. The molecule has 9 heteroatoms. The first-order chi connectivity index (χ1) is 13.3. The summed E-state index contributed by atoms with van der Waals surface area (Å²) >= 11 is 0.949. The number of fused-ring (bicyclic) bond motifs is 1. The van der Waals surface area contributed by atoms with Crippen molar-refractivity contribution in [3.05, 3.63) is 54.1 Å². The first-order valence-corrected chi connectivity index (χ1v) is 11.1. The number of nitrogens with one attached hydrogen (secondary N) is 2. The highest BCUT2D eigenvalue weighted by Gasteiger charge is 2.30. The van der Waals surface area contributed by atoms with Crippen LogP contribution in [0.1, 0.15) is 32.4 Å². The summed E-state index contributed by atoms with van der Waals surface area (Å²) in [4.78, 5) is 12.8. The molecule has 0 spiro atoms. The highest BCUT2D eigenvalue weighted by molar-refractivity contribution is 7.89. The second-order valence-electron chi connectivity index (χ2n) is 6.87. The minimum Gasteiger partial charge on any atom is -0.348 e. The SMILES string of the molecule is CC(C)[C@@H](NS(=O)(=O)c1cccc2nsnc12)C(=O)N[C@H](C)c1ccccc1. The summed E-state index contributed by atoms with van der Waals surface area (Å²) in [5.74, 6) is -0.621. The van der Waals surface area contributed by atoms with Gasteiger partial charge in [-0.25, -0.2) is 8.42 Å². The highest BCUT2D eigenvalue weighted by Crippen LogP contribution is 2.22. The van der Waals surface area contributed by atoms with Crippen LogP contribution in [0.4, 0.5) is 0 Å². The summed E-state index contributed by atoms with van der Waals surface area (Å²) in [5.41, 5.74) is 1.76. The molecule has 0 saturated heterocycles. The van der Waals surface area contributed by atoms with Gasteiger partial charge in [0.1, 0.15) is 22.0 Å². The van der Waals surface area contributed by atoms with Gasteiger partial charge in [0.2, 0.25) is 15.9 Å². The molecule has 1 heterocycles. The molecular formula is C19H22N4O3S2. The summed E-state index contributed by atoms with van der Waals surface area (Å²) in [5, 5.41) is 2.89. The third kappa shape index (κ3) is 4.37. The number of benzene rings is 2. The number of hydrogen-bond acceptors (Lipinski definition) is 6. The van der Waals surface area contributed by atoms with Gasteiger partial charge in [-0.05, 0) is 30.5 Å². The Morgan fingerprint density at radius 3 is 2.39 bits per heavy atom. The third-order valence-corrected chi connectivity index (χ3v) is 6.44. The summed E-state index contributed by atoms with van der Waals surface area (Å²) in [6.07, 6.45) is 0. The molecule has 3 aromatic rings. The lowest BCUT2D eigenvalue weighted by Crippen LogP contribution is -2.50. The molecule has 0 aliphatic carbocycles. The van der Waals surface area contributed by atoms with Gasteiger partial charge in [-0.15, -0.1) is 0 Å². The van der Waals surface area contributed by atoms with E-state index in [4.69, 9.17) is 0 Å². The molecule has 0 aliphatic heterocycles.